The molecular weight excluding hydrogens is 518 g/mol. The van der Waals surface area contributed by atoms with E-state index in [-0.39, 0.29) is 19.5 Å². The Morgan fingerprint density at radius 1 is 1.33 bits per heavy atom. The van der Waals surface area contributed by atoms with Crippen LogP contribution in [-0.4, -0.2) is 64.6 Å². The van der Waals surface area contributed by atoms with Gasteiger partial charge in [0.25, 0.3) is 0 Å². The lowest BCUT2D eigenvalue weighted by molar-refractivity contribution is -0.144. The molecule has 2 aliphatic rings. The van der Waals surface area contributed by atoms with Crippen LogP contribution in [0.25, 0.3) is 10.4 Å². The minimum atomic E-state index is -1.08. The molecule has 1 saturated heterocycles. The minimum Gasteiger partial charge on any atom is -0.496 e. The lowest BCUT2D eigenvalue weighted by Gasteiger charge is -2.35. The summed E-state index contributed by atoms with van der Waals surface area (Å²) in [5.74, 6) is -0.716. The van der Waals surface area contributed by atoms with E-state index >= 15 is 0 Å². The second-order valence-electron chi connectivity index (χ2n) is 11.4. The van der Waals surface area contributed by atoms with Crippen LogP contribution >= 0.6 is 11.3 Å². The summed E-state index contributed by atoms with van der Waals surface area (Å²) in [5.41, 5.74) is 2.68. The van der Waals surface area contributed by atoms with Crippen molar-refractivity contribution in [1.29, 1.82) is 5.26 Å². The highest BCUT2D eigenvalue weighted by Gasteiger charge is 2.53. The molecule has 3 amide bonds. The number of aryl methyl sites for hydroxylation is 1. The first-order valence-corrected chi connectivity index (χ1v) is 13.8. The molecule has 10 nitrogen and oxygen atoms in total. The molecule has 3 unspecified atom stereocenters. The van der Waals surface area contributed by atoms with Crippen LogP contribution in [0, 0.1) is 29.1 Å². The lowest BCUT2D eigenvalue weighted by Crippen LogP contribution is -2.58. The number of nitriles is 1. The Labute approximate surface area is 232 Å². The fourth-order valence-corrected chi connectivity index (χ4v) is 5.62. The molecule has 0 spiro atoms. The summed E-state index contributed by atoms with van der Waals surface area (Å²) in [4.78, 5) is 46.5. The third-order valence-corrected chi connectivity index (χ3v) is 8.38. The molecule has 208 valence electrons. The molecule has 2 aromatic rings. The van der Waals surface area contributed by atoms with Crippen molar-refractivity contribution in [2.75, 3.05) is 13.7 Å². The topological polar surface area (TPSA) is 145 Å². The van der Waals surface area contributed by atoms with Crippen molar-refractivity contribution in [2.24, 2.45) is 10.8 Å². The Morgan fingerprint density at radius 3 is 2.62 bits per heavy atom. The van der Waals surface area contributed by atoms with Gasteiger partial charge in [0.15, 0.2) is 0 Å². The van der Waals surface area contributed by atoms with E-state index in [9.17, 15) is 24.8 Å². The Hall–Kier alpha value is -3.49. The van der Waals surface area contributed by atoms with Crippen LogP contribution in [-0.2, 0) is 20.9 Å². The number of aliphatic hydroxyl groups is 1. The van der Waals surface area contributed by atoms with Gasteiger partial charge in [-0.3, -0.25) is 14.4 Å². The largest absolute Gasteiger partial charge is 0.496 e. The Balaban J connectivity index is 1.47. The van der Waals surface area contributed by atoms with Crippen molar-refractivity contribution in [2.45, 2.75) is 71.7 Å². The Kier molecular flexibility index (Phi) is 8.00. The van der Waals surface area contributed by atoms with Crippen molar-refractivity contribution < 1.29 is 24.2 Å². The average Bonchev–Trinajstić information content (AvgIpc) is 3.44. The first-order chi connectivity index (χ1) is 18.4. The number of aromatic nitrogens is 1. The summed E-state index contributed by atoms with van der Waals surface area (Å²) >= 11 is 1.54. The number of amides is 3. The van der Waals surface area contributed by atoms with Gasteiger partial charge in [0.2, 0.25) is 17.7 Å². The minimum absolute atomic E-state index is 0.0189. The molecule has 2 fully saturated rings. The molecule has 1 aliphatic carbocycles. The summed E-state index contributed by atoms with van der Waals surface area (Å²) in [6.07, 6.45) is 0.140. The van der Waals surface area contributed by atoms with E-state index in [1.807, 2.05) is 45.9 Å². The molecule has 39 heavy (non-hydrogen) atoms. The smallest absolute Gasteiger partial charge is 0.246 e. The average molecular weight is 554 g/mol. The van der Waals surface area contributed by atoms with E-state index in [1.54, 1.807) is 12.6 Å². The molecular formula is C28H35N5O5S. The van der Waals surface area contributed by atoms with Gasteiger partial charge >= 0.3 is 0 Å². The zero-order valence-corrected chi connectivity index (χ0v) is 23.7. The molecule has 4 rings (SSSR count). The number of ether oxygens (including phenoxy) is 1. The van der Waals surface area contributed by atoms with E-state index in [4.69, 9.17) is 4.74 Å². The number of nitrogens with one attached hydrogen (secondary N) is 2. The highest BCUT2D eigenvalue weighted by Crippen LogP contribution is 2.45. The molecule has 3 atom stereocenters. The summed E-state index contributed by atoms with van der Waals surface area (Å²) in [6.45, 7) is 7.53. The van der Waals surface area contributed by atoms with Crippen LogP contribution in [0.1, 0.15) is 51.3 Å². The molecule has 1 aromatic heterocycles. The molecule has 0 radical (unpaired) electrons. The maximum Gasteiger partial charge on any atom is 0.246 e. The molecule has 3 N–H and O–H groups in total. The van der Waals surface area contributed by atoms with E-state index in [2.05, 4.69) is 21.7 Å². The number of carbonyl (C=O) groups is 3. The summed E-state index contributed by atoms with van der Waals surface area (Å²) in [6, 6.07) is 5.93. The zero-order chi connectivity index (χ0) is 28.5. The zero-order valence-electron chi connectivity index (χ0n) is 22.9. The summed E-state index contributed by atoms with van der Waals surface area (Å²) in [5, 5.41) is 25.5. The third-order valence-electron chi connectivity index (χ3n) is 7.40. The van der Waals surface area contributed by atoms with Crippen LogP contribution < -0.4 is 15.4 Å². The van der Waals surface area contributed by atoms with Gasteiger partial charge < -0.3 is 25.4 Å². The maximum atomic E-state index is 13.7. The lowest BCUT2D eigenvalue weighted by atomic mass is 9.85. The van der Waals surface area contributed by atoms with Gasteiger partial charge in [0.05, 0.1) is 35.4 Å². The molecule has 11 heteroatoms. The van der Waals surface area contributed by atoms with Crippen LogP contribution in [0.2, 0.25) is 0 Å². The molecule has 0 bridgehead atoms. The number of benzene rings is 1. The summed E-state index contributed by atoms with van der Waals surface area (Å²) in [7, 11) is 1.57. The number of likely N-dealkylation sites (tertiary alicyclic amines) is 1. The SMILES string of the molecule is COc1cc(-c2scnc2C)ccc1CNC(=O)C1CC(O)CN1C(=O)C(NC(=O)C1(C#N)CC1)C(C)(C)C. The van der Waals surface area contributed by atoms with Gasteiger partial charge in [-0.15, -0.1) is 11.3 Å². The number of rotatable bonds is 8. The van der Waals surface area contributed by atoms with Gasteiger partial charge in [-0.25, -0.2) is 4.98 Å². The van der Waals surface area contributed by atoms with Crippen molar-refractivity contribution in [3.8, 4) is 22.3 Å². The van der Waals surface area contributed by atoms with Gasteiger partial charge in [-0.1, -0.05) is 32.9 Å². The van der Waals surface area contributed by atoms with Crippen molar-refractivity contribution in [3.05, 3.63) is 35.0 Å². The van der Waals surface area contributed by atoms with Crippen LogP contribution in [0.5, 0.6) is 5.75 Å². The van der Waals surface area contributed by atoms with E-state index in [0.29, 0.717) is 18.6 Å². The molecule has 1 aromatic carbocycles. The number of nitrogens with zero attached hydrogens (tertiary/aromatic N) is 3. The van der Waals surface area contributed by atoms with Crippen molar-refractivity contribution >= 4 is 29.1 Å². The number of methoxy groups -OCH3 is 1. The second-order valence-corrected chi connectivity index (χ2v) is 12.2. The number of hydrogen-bond acceptors (Lipinski definition) is 8. The van der Waals surface area contributed by atoms with Gasteiger partial charge in [0.1, 0.15) is 23.2 Å². The fourth-order valence-electron chi connectivity index (χ4n) is 4.82. The standard InChI is InChI=1S/C28H35N5O5S/c1-16-22(39-15-31-16)17-6-7-18(21(10-17)38-5)12-30-24(35)20-11-19(34)13-33(20)25(36)23(27(2,3)4)32-26(37)28(14-29)8-9-28/h6-7,10,15,19-20,23,34H,8-9,11-13H2,1-5H3,(H,30,35)(H,32,37). The highest BCUT2D eigenvalue weighted by molar-refractivity contribution is 7.13. The third kappa shape index (κ3) is 5.92. The first-order valence-electron chi connectivity index (χ1n) is 13.0. The monoisotopic (exact) mass is 553 g/mol. The number of β-amino-alcohol motifs (C(OH)–C–C–N with tert-alkyl or cyclic N) is 1. The van der Waals surface area contributed by atoms with Gasteiger partial charge in [-0.05, 0) is 36.8 Å². The highest BCUT2D eigenvalue weighted by atomic mass is 32.1. The van der Waals surface area contributed by atoms with E-state index in [1.165, 1.54) is 16.2 Å². The molecule has 1 aliphatic heterocycles. The van der Waals surface area contributed by atoms with E-state index < -0.39 is 46.7 Å². The number of thiazole rings is 1. The van der Waals surface area contributed by atoms with Crippen molar-refractivity contribution in [1.82, 2.24) is 20.5 Å². The fraction of sp³-hybridized carbons (Fsp3) is 0.536. The van der Waals surface area contributed by atoms with Gasteiger partial charge in [0, 0.05) is 25.1 Å². The Bertz CT molecular complexity index is 1310. The Morgan fingerprint density at radius 2 is 2.05 bits per heavy atom. The second kappa shape index (κ2) is 10.9. The van der Waals surface area contributed by atoms with E-state index in [0.717, 1.165) is 21.7 Å². The number of aliphatic hydroxyl groups excluding tert-OH is 1. The molecule has 1 saturated carbocycles. The normalized spacial score (nSPS) is 20.6. The van der Waals surface area contributed by atoms with Gasteiger partial charge in [-0.2, -0.15) is 5.26 Å². The van der Waals surface area contributed by atoms with Crippen LogP contribution in [0.3, 0.4) is 0 Å². The van der Waals surface area contributed by atoms with Crippen molar-refractivity contribution in [3.63, 3.8) is 0 Å². The maximum absolute atomic E-state index is 13.7. The predicted octanol–water partition coefficient (Wildman–Crippen LogP) is 2.54. The molecule has 2 heterocycles. The van der Waals surface area contributed by atoms with Crippen LogP contribution in [0.4, 0.5) is 0 Å². The van der Waals surface area contributed by atoms with Crippen LogP contribution in [0.15, 0.2) is 23.7 Å². The number of hydrogen-bond donors (Lipinski definition) is 3. The predicted molar refractivity (Wildman–Crippen MR) is 145 cm³/mol. The summed E-state index contributed by atoms with van der Waals surface area (Å²) < 4.78 is 5.57. The quantitative estimate of drug-likeness (QED) is 0.456. The first kappa shape index (κ1) is 28.5. The number of carbonyl (C=O) groups excluding carboxylic acids is 3.